The highest BCUT2D eigenvalue weighted by Crippen LogP contribution is 2.20. The molecule has 148 valence electrons. The molecule has 7 heteroatoms. The van der Waals surface area contributed by atoms with Gasteiger partial charge >= 0.3 is 11.8 Å². The van der Waals surface area contributed by atoms with Crippen LogP contribution in [0.3, 0.4) is 0 Å². The van der Waals surface area contributed by atoms with Crippen molar-refractivity contribution in [2.45, 2.75) is 32.7 Å². The Labute approximate surface area is 165 Å². The predicted octanol–water partition coefficient (Wildman–Crippen LogP) is 2.90. The summed E-state index contributed by atoms with van der Waals surface area (Å²) in [5.41, 5.74) is 1.39. The molecule has 2 amide bonds. The maximum atomic E-state index is 12.2. The molecule has 0 radical (unpaired) electrons. The van der Waals surface area contributed by atoms with Gasteiger partial charge in [-0.25, -0.2) is 4.98 Å². The Balaban J connectivity index is 1.52. The van der Waals surface area contributed by atoms with E-state index in [1.165, 1.54) is 12.8 Å². The Hall–Kier alpha value is -3.09. The fraction of sp³-hybridized carbons (Fsp3) is 0.381. The molecule has 28 heavy (non-hydrogen) atoms. The Morgan fingerprint density at radius 1 is 1.11 bits per heavy atom. The predicted molar refractivity (Wildman–Crippen MR) is 108 cm³/mol. The van der Waals surface area contributed by atoms with Gasteiger partial charge in [-0.05, 0) is 56.5 Å². The summed E-state index contributed by atoms with van der Waals surface area (Å²) in [4.78, 5) is 31.0. The molecule has 7 nitrogen and oxygen atoms in total. The summed E-state index contributed by atoms with van der Waals surface area (Å²) in [6.45, 7) is 6.35. The number of pyridine rings is 1. The second-order valence-electron chi connectivity index (χ2n) is 6.75. The van der Waals surface area contributed by atoms with Gasteiger partial charge in [0.2, 0.25) is 0 Å². The van der Waals surface area contributed by atoms with Gasteiger partial charge in [0.15, 0.2) is 0 Å². The maximum Gasteiger partial charge on any atom is 0.313 e. The normalized spacial score (nSPS) is 14.4. The maximum absolute atomic E-state index is 12.2. The lowest BCUT2D eigenvalue weighted by Crippen LogP contribution is -2.36. The molecule has 0 aliphatic carbocycles. The van der Waals surface area contributed by atoms with E-state index in [4.69, 9.17) is 4.74 Å². The highest BCUT2D eigenvalue weighted by Gasteiger charge is 2.18. The molecule has 1 aliphatic heterocycles. The van der Waals surface area contributed by atoms with Crippen molar-refractivity contribution < 1.29 is 14.3 Å². The molecular formula is C21H26N4O3. The van der Waals surface area contributed by atoms with Gasteiger partial charge in [-0.1, -0.05) is 12.1 Å². The molecule has 0 bridgehead atoms. The van der Waals surface area contributed by atoms with E-state index >= 15 is 0 Å². The summed E-state index contributed by atoms with van der Waals surface area (Å²) >= 11 is 0. The Kier molecular flexibility index (Phi) is 6.47. The number of hydrogen-bond acceptors (Lipinski definition) is 5. The number of nitrogens with zero attached hydrogens (tertiary/aromatic N) is 2. The van der Waals surface area contributed by atoms with E-state index in [-0.39, 0.29) is 6.04 Å². The minimum Gasteiger partial charge on any atom is -0.494 e. The third kappa shape index (κ3) is 5.00. The van der Waals surface area contributed by atoms with Crippen LogP contribution in [0.4, 0.5) is 11.5 Å². The van der Waals surface area contributed by atoms with Crippen LogP contribution in [0.1, 0.15) is 38.3 Å². The van der Waals surface area contributed by atoms with Crippen LogP contribution in [0.25, 0.3) is 0 Å². The molecule has 1 aromatic carbocycles. The van der Waals surface area contributed by atoms with Crippen molar-refractivity contribution >= 4 is 23.3 Å². The third-order valence-corrected chi connectivity index (χ3v) is 4.68. The second-order valence-corrected chi connectivity index (χ2v) is 6.75. The molecular weight excluding hydrogens is 356 g/mol. The minimum absolute atomic E-state index is 0.301. The average Bonchev–Trinajstić information content (AvgIpc) is 3.24. The molecule has 2 aromatic rings. The van der Waals surface area contributed by atoms with Crippen molar-refractivity contribution in [3.8, 4) is 5.75 Å². The van der Waals surface area contributed by atoms with E-state index in [2.05, 4.69) is 20.5 Å². The van der Waals surface area contributed by atoms with E-state index in [1.807, 2.05) is 44.2 Å². The van der Waals surface area contributed by atoms with Crippen molar-refractivity contribution in [3.05, 3.63) is 48.2 Å². The lowest BCUT2D eigenvalue weighted by atomic mass is 10.1. The molecule has 2 heterocycles. The van der Waals surface area contributed by atoms with Crippen LogP contribution in [0, 0.1) is 0 Å². The standard InChI is InChI=1S/C21H26N4O3/c1-3-28-18-9-6-16(7-10-18)15(2)23-20(26)21(27)24-17-8-11-19(22-14-17)25-12-4-5-13-25/h6-11,14-15H,3-5,12-13H2,1-2H3,(H,23,26)(H,24,27). The number of aromatic nitrogens is 1. The van der Waals surface area contributed by atoms with E-state index in [0.717, 1.165) is 30.2 Å². The second kappa shape index (κ2) is 9.21. The third-order valence-electron chi connectivity index (χ3n) is 4.68. The highest BCUT2D eigenvalue weighted by atomic mass is 16.5. The van der Waals surface area contributed by atoms with Crippen LogP contribution in [0.2, 0.25) is 0 Å². The fourth-order valence-electron chi connectivity index (χ4n) is 3.15. The first kappa shape index (κ1) is 19.7. The number of anilines is 2. The zero-order valence-electron chi connectivity index (χ0n) is 16.3. The molecule has 1 fully saturated rings. The van der Waals surface area contributed by atoms with Gasteiger partial charge in [0.25, 0.3) is 0 Å². The monoisotopic (exact) mass is 382 g/mol. The van der Waals surface area contributed by atoms with Crippen LogP contribution in [0.5, 0.6) is 5.75 Å². The van der Waals surface area contributed by atoms with Crippen molar-refractivity contribution in [2.24, 2.45) is 0 Å². The quantitative estimate of drug-likeness (QED) is 0.751. The lowest BCUT2D eigenvalue weighted by molar-refractivity contribution is -0.136. The van der Waals surface area contributed by atoms with Crippen molar-refractivity contribution in [3.63, 3.8) is 0 Å². The molecule has 1 atom stereocenters. The molecule has 2 N–H and O–H groups in total. The van der Waals surface area contributed by atoms with Crippen LogP contribution < -0.4 is 20.3 Å². The number of benzene rings is 1. The van der Waals surface area contributed by atoms with Gasteiger partial charge in [0, 0.05) is 13.1 Å². The Morgan fingerprint density at radius 2 is 1.82 bits per heavy atom. The summed E-state index contributed by atoms with van der Waals surface area (Å²) in [5, 5.41) is 5.29. The zero-order valence-corrected chi connectivity index (χ0v) is 16.3. The van der Waals surface area contributed by atoms with E-state index in [1.54, 1.807) is 12.3 Å². The van der Waals surface area contributed by atoms with E-state index in [0.29, 0.717) is 12.3 Å². The van der Waals surface area contributed by atoms with Gasteiger partial charge in [-0.15, -0.1) is 0 Å². The summed E-state index contributed by atoms with van der Waals surface area (Å²) in [6.07, 6.45) is 3.93. The first-order valence-electron chi connectivity index (χ1n) is 9.62. The Bertz CT molecular complexity index is 799. The number of hydrogen-bond donors (Lipinski definition) is 2. The summed E-state index contributed by atoms with van der Waals surface area (Å²) in [6, 6.07) is 10.8. The Morgan fingerprint density at radius 3 is 2.43 bits per heavy atom. The van der Waals surface area contributed by atoms with Gasteiger partial charge in [-0.3, -0.25) is 9.59 Å². The van der Waals surface area contributed by atoms with Gasteiger partial charge in [-0.2, -0.15) is 0 Å². The molecule has 1 unspecified atom stereocenters. The van der Waals surface area contributed by atoms with Crippen LogP contribution in [0.15, 0.2) is 42.6 Å². The topological polar surface area (TPSA) is 83.6 Å². The number of rotatable bonds is 6. The molecule has 1 saturated heterocycles. The zero-order chi connectivity index (χ0) is 19.9. The average molecular weight is 382 g/mol. The van der Waals surface area contributed by atoms with Crippen LogP contribution in [-0.2, 0) is 9.59 Å². The van der Waals surface area contributed by atoms with Gasteiger partial charge < -0.3 is 20.3 Å². The molecule has 3 rings (SSSR count). The molecule has 1 aliphatic rings. The number of amides is 2. The molecule has 1 aromatic heterocycles. The van der Waals surface area contributed by atoms with Crippen LogP contribution >= 0.6 is 0 Å². The SMILES string of the molecule is CCOc1ccc(C(C)NC(=O)C(=O)Nc2ccc(N3CCCC3)nc2)cc1. The van der Waals surface area contributed by atoms with Crippen LogP contribution in [-0.4, -0.2) is 36.5 Å². The smallest absolute Gasteiger partial charge is 0.313 e. The fourth-order valence-corrected chi connectivity index (χ4v) is 3.15. The van der Waals surface area contributed by atoms with Crippen molar-refractivity contribution in [1.29, 1.82) is 0 Å². The lowest BCUT2D eigenvalue weighted by Gasteiger charge is -2.17. The van der Waals surface area contributed by atoms with Gasteiger partial charge in [0.1, 0.15) is 11.6 Å². The minimum atomic E-state index is -0.714. The number of carbonyl (C=O) groups is 2. The van der Waals surface area contributed by atoms with E-state index < -0.39 is 11.8 Å². The number of ether oxygens (including phenoxy) is 1. The molecule has 0 saturated carbocycles. The summed E-state index contributed by atoms with van der Waals surface area (Å²) < 4.78 is 5.41. The summed E-state index contributed by atoms with van der Waals surface area (Å²) in [5.74, 6) is 0.259. The van der Waals surface area contributed by atoms with E-state index in [9.17, 15) is 9.59 Å². The van der Waals surface area contributed by atoms with Gasteiger partial charge in [0.05, 0.1) is 24.5 Å². The van der Waals surface area contributed by atoms with Crippen molar-refractivity contribution in [2.75, 3.05) is 29.9 Å². The molecule has 0 spiro atoms. The number of carbonyl (C=O) groups excluding carboxylic acids is 2. The first-order chi connectivity index (χ1) is 13.6. The summed E-state index contributed by atoms with van der Waals surface area (Å²) in [7, 11) is 0. The number of nitrogens with one attached hydrogen (secondary N) is 2. The highest BCUT2D eigenvalue weighted by molar-refractivity contribution is 6.39. The van der Waals surface area contributed by atoms with Crippen molar-refractivity contribution in [1.82, 2.24) is 10.3 Å². The first-order valence-corrected chi connectivity index (χ1v) is 9.62. The largest absolute Gasteiger partial charge is 0.494 e.